The van der Waals surface area contributed by atoms with Crippen molar-refractivity contribution in [2.75, 3.05) is 50.2 Å². The van der Waals surface area contributed by atoms with Crippen LogP contribution in [0.3, 0.4) is 0 Å². The predicted molar refractivity (Wildman–Crippen MR) is 171 cm³/mol. The van der Waals surface area contributed by atoms with Gasteiger partial charge in [-0.1, -0.05) is 11.6 Å². The highest BCUT2D eigenvalue weighted by Crippen LogP contribution is 2.52. The normalized spacial score (nSPS) is 22.2. The number of hydrogen-bond donors (Lipinski definition) is 0. The molecule has 1 aromatic carbocycles. The van der Waals surface area contributed by atoms with Crippen molar-refractivity contribution in [1.82, 2.24) is 14.9 Å². The maximum Gasteiger partial charge on any atom is 0.339 e. The van der Waals surface area contributed by atoms with Crippen molar-refractivity contribution in [2.45, 2.75) is 64.0 Å². The number of pyridine rings is 2. The maximum absolute atomic E-state index is 14.5. The number of esters is 1. The zero-order valence-electron chi connectivity index (χ0n) is 26.6. The first-order valence-corrected chi connectivity index (χ1v) is 15.7. The summed E-state index contributed by atoms with van der Waals surface area (Å²) in [6.45, 7) is 10.0. The SMILES string of the molecule is COC(=O)c1c(C)cc(N2CCN(C(=O)c3ccc4c(n3)C3(CC[C@H](OC)C3)CN4c3ccc(Cl)c(F)c3)C(C)(C)C2)nc1C. The number of rotatable bonds is 5. The second kappa shape index (κ2) is 11.6. The fourth-order valence-electron chi connectivity index (χ4n) is 7.41. The average Bonchev–Trinajstić information content (AvgIpc) is 3.57. The number of piperazine rings is 1. The minimum Gasteiger partial charge on any atom is -0.465 e. The second-order valence-corrected chi connectivity index (χ2v) is 13.5. The molecule has 45 heavy (non-hydrogen) atoms. The number of halogens is 2. The molecule has 1 aliphatic carbocycles. The number of carbonyl (C=O) groups is 2. The van der Waals surface area contributed by atoms with E-state index in [-0.39, 0.29) is 22.4 Å². The van der Waals surface area contributed by atoms with Gasteiger partial charge in [-0.2, -0.15) is 0 Å². The van der Waals surface area contributed by atoms with E-state index in [1.54, 1.807) is 19.2 Å². The van der Waals surface area contributed by atoms with Crippen LogP contribution in [0.25, 0.3) is 0 Å². The fourth-order valence-corrected chi connectivity index (χ4v) is 7.53. The number of nitrogens with zero attached hydrogens (tertiary/aromatic N) is 5. The molecule has 1 spiro atoms. The number of carbonyl (C=O) groups excluding carboxylic acids is 2. The Morgan fingerprint density at radius 3 is 2.47 bits per heavy atom. The number of ether oxygens (including phenoxy) is 2. The number of hydrogen-bond acceptors (Lipinski definition) is 8. The van der Waals surface area contributed by atoms with Gasteiger partial charge in [0.05, 0.1) is 46.4 Å². The lowest BCUT2D eigenvalue weighted by atomic mass is 9.84. The van der Waals surface area contributed by atoms with Crippen LogP contribution in [0.4, 0.5) is 21.6 Å². The third-order valence-corrected chi connectivity index (χ3v) is 10.0. The van der Waals surface area contributed by atoms with Gasteiger partial charge in [-0.15, -0.1) is 0 Å². The van der Waals surface area contributed by atoms with Gasteiger partial charge in [0.2, 0.25) is 0 Å². The summed E-state index contributed by atoms with van der Waals surface area (Å²) < 4.78 is 25.2. The van der Waals surface area contributed by atoms with Crippen LogP contribution in [-0.2, 0) is 14.9 Å². The van der Waals surface area contributed by atoms with Crippen LogP contribution in [0.2, 0.25) is 5.02 Å². The number of methoxy groups -OCH3 is 2. The molecular weight excluding hydrogens is 597 g/mol. The van der Waals surface area contributed by atoms with Gasteiger partial charge < -0.3 is 24.2 Å². The van der Waals surface area contributed by atoms with Crippen LogP contribution in [0.5, 0.6) is 0 Å². The Labute approximate surface area is 268 Å². The third kappa shape index (κ3) is 5.42. The lowest BCUT2D eigenvalue weighted by Crippen LogP contribution is -2.61. The Bertz CT molecular complexity index is 1660. The fraction of sp³-hybridized carbons (Fsp3) is 0.471. The molecule has 238 valence electrons. The molecule has 4 heterocycles. The molecule has 2 aliphatic heterocycles. The summed E-state index contributed by atoms with van der Waals surface area (Å²) in [5.74, 6) is -0.236. The van der Waals surface area contributed by atoms with Crippen LogP contribution in [0, 0.1) is 19.7 Å². The van der Waals surface area contributed by atoms with Crippen molar-refractivity contribution in [3.8, 4) is 0 Å². The summed E-state index contributed by atoms with van der Waals surface area (Å²) in [6, 6.07) is 10.5. The van der Waals surface area contributed by atoms with E-state index in [9.17, 15) is 14.0 Å². The van der Waals surface area contributed by atoms with Gasteiger partial charge in [-0.25, -0.2) is 19.2 Å². The lowest BCUT2D eigenvalue weighted by molar-refractivity contribution is 0.0505. The van der Waals surface area contributed by atoms with Crippen molar-refractivity contribution >= 4 is 40.7 Å². The van der Waals surface area contributed by atoms with E-state index >= 15 is 0 Å². The van der Waals surface area contributed by atoms with E-state index in [1.807, 2.05) is 50.8 Å². The molecule has 1 unspecified atom stereocenters. The van der Waals surface area contributed by atoms with Crippen molar-refractivity contribution < 1.29 is 23.5 Å². The Hall–Kier alpha value is -3.76. The quantitative estimate of drug-likeness (QED) is 0.316. The number of aryl methyl sites for hydroxylation is 2. The minimum absolute atomic E-state index is 0.0780. The molecule has 3 aromatic rings. The predicted octanol–water partition coefficient (Wildman–Crippen LogP) is 6.00. The molecule has 1 saturated carbocycles. The molecule has 1 saturated heterocycles. The topological polar surface area (TPSA) is 88.1 Å². The molecule has 3 aliphatic rings. The summed E-state index contributed by atoms with van der Waals surface area (Å²) in [4.78, 5) is 42.3. The van der Waals surface area contributed by atoms with Gasteiger partial charge in [-0.3, -0.25) is 4.79 Å². The van der Waals surface area contributed by atoms with Gasteiger partial charge in [0.25, 0.3) is 5.91 Å². The monoisotopic (exact) mass is 635 g/mol. The zero-order chi connectivity index (χ0) is 32.3. The highest BCUT2D eigenvalue weighted by molar-refractivity contribution is 6.30. The summed E-state index contributed by atoms with van der Waals surface area (Å²) in [5.41, 5.74) is 3.89. The van der Waals surface area contributed by atoms with E-state index in [0.717, 1.165) is 42.0 Å². The largest absolute Gasteiger partial charge is 0.465 e. The molecule has 2 fully saturated rings. The highest BCUT2D eigenvalue weighted by atomic mass is 35.5. The average molecular weight is 636 g/mol. The van der Waals surface area contributed by atoms with Crippen LogP contribution in [0.15, 0.2) is 36.4 Å². The molecule has 0 bridgehead atoms. The molecule has 2 aromatic heterocycles. The molecule has 0 radical (unpaired) electrons. The standard InChI is InChI=1S/C34H39ClFN5O4/c1-20-15-28(37-21(2)29(20)32(43)45-6)39-13-14-41(33(3,4)18-39)31(42)26-9-10-27-30(38-26)34(12-11-23(17-34)44-5)19-40(27)22-7-8-24(35)25(36)16-22/h7-10,15-16,23H,11-14,17-19H2,1-6H3/t23-,34?/m0/s1. The number of amides is 1. The second-order valence-electron chi connectivity index (χ2n) is 13.1. The first-order chi connectivity index (χ1) is 21.4. The highest BCUT2D eigenvalue weighted by Gasteiger charge is 2.50. The first kappa shape index (κ1) is 31.2. The molecule has 2 atom stereocenters. The van der Waals surface area contributed by atoms with E-state index in [1.165, 1.54) is 13.2 Å². The summed E-state index contributed by atoms with van der Waals surface area (Å²) in [7, 11) is 3.09. The van der Waals surface area contributed by atoms with Gasteiger partial charge in [-0.05, 0) is 88.9 Å². The number of anilines is 3. The molecule has 6 rings (SSSR count). The van der Waals surface area contributed by atoms with Crippen LogP contribution >= 0.6 is 11.6 Å². The van der Waals surface area contributed by atoms with Crippen molar-refractivity contribution in [2.24, 2.45) is 0 Å². The van der Waals surface area contributed by atoms with Crippen molar-refractivity contribution in [1.29, 1.82) is 0 Å². The lowest BCUT2D eigenvalue weighted by Gasteiger charge is -2.47. The Balaban J connectivity index is 1.28. The van der Waals surface area contributed by atoms with Gasteiger partial charge in [0.1, 0.15) is 17.3 Å². The minimum atomic E-state index is -0.528. The summed E-state index contributed by atoms with van der Waals surface area (Å²) in [5, 5.41) is 0.0780. The van der Waals surface area contributed by atoms with Gasteiger partial charge >= 0.3 is 5.97 Å². The van der Waals surface area contributed by atoms with Crippen LogP contribution in [0.1, 0.15) is 70.9 Å². The number of benzene rings is 1. The Morgan fingerprint density at radius 1 is 1.04 bits per heavy atom. The van der Waals surface area contributed by atoms with Crippen molar-refractivity contribution in [3.63, 3.8) is 0 Å². The number of fused-ring (bicyclic) bond motifs is 2. The van der Waals surface area contributed by atoms with E-state index in [4.69, 9.17) is 31.0 Å². The molecule has 11 heteroatoms. The van der Waals surface area contributed by atoms with Crippen LogP contribution in [-0.4, -0.2) is 78.8 Å². The smallest absolute Gasteiger partial charge is 0.339 e. The molecular formula is C34H39ClFN5O4. The molecule has 9 nitrogen and oxygen atoms in total. The van der Waals surface area contributed by atoms with E-state index < -0.39 is 17.3 Å². The Kier molecular flexibility index (Phi) is 8.02. The third-order valence-electron chi connectivity index (χ3n) is 9.70. The zero-order valence-corrected chi connectivity index (χ0v) is 27.4. The van der Waals surface area contributed by atoms with E-state index in [2.05, 4.69) is 9.80 Å². The van der Waals surface area contributed by atoms with Gasteiger partial charge in [0.15, 0.2) is 0 Å². The summed E-state index contributed by atoms with van der Waals surface area (Å²) >= 11 is 5.99. The van der Waals surface area contributed by atoms with Gasteiger partial charge in [0, 0.05) is 44.4 Å². The molecule has 0 N–H and O–H groups in total. The summed E-state index contributed by atoms with van der Waals surface area (Å²) in [6.07, 6.45) is 2.62. The maximum atomic E-state index is 14.5. The Morgan fingerprint density at radius 2 is 1.82 bits per heavy atom. The molecule has 1 amide bonds. The first-order valence-electron chi connectivity index (χ1n) is 15.3. The van der Waals surface area contributed by atoms with E-state index in [0.29, 0.717) is 48.8 Å². The van der Waals surface area contributed by atoms with Crippen molar-refractivity contribution in [3.05, 3.63) is 75.4 Å². The van der Waals surface area contributed by atoms with Crippen LogP contribution < -0.4 is 9.80 Å². The number of aromatic nitrogens is 2.